The molecule has 0 heterocycles. The summed E-state index contributed by atoms with van der Waals surface area (Å²) in [7, 11) is 1.69. The van der Waals surface area contributed by atoms with Crippen LogP contribution in [0.5, 0.6) is 0 Å². The van der Waals surface area contributed by atoms with Gasteiger partial charge < -0.3 is 9.64 Å². The van der Waals surface area contributed by atoms with Crippen LogP contribution in [0.2, 0.25) is 0 Å². The Bertz CT molecular complexity index is 749. The average Bonchev–Trinajstić information content (AvgIpc) is 2.65. The van der Waals surface area contributed by atoms with E-state index in [1.807, 2.05) is 54.6 Å². The van der Waals surface area contributed by atoms with Crippen molar-refractivity contribution in [2.24, 2.45) is 0 Å². The van der Waals surface area contributed by atoms with Gasteiger partial charge in [-0.1, -0.05) is 68.4 Å². The van der Waals surface area contributed by atoms with E-state index < -0.39 is 5.97 Å². The molecule has 2 aromatic rings. The molecule has 26 heavy (non-hydrogen) atoms. The summed E-state index contributed by atoms with van der Waals surface area (Å²) in [6, 6.07) is 17.7. The van der Waals surface area contributed by atoms with Gasteiger partial charge in [-0.15, -0.1) is 0 Å². The van der Waals surface area contributed by atoms with Gasteiger partial charge >= 0.3 is 5.97 Å². The van der Waals surface area contributed by atoms with Crippen LogP contribution >= 0.6 is 0 Å². The Balaban J connectivity index is 1.79. The van der Waals surface area contributed by atoms with Gasteiger partial charge in [0.1, 0.15) is 0 Å². The lowest BCUT2D eigenvalue weighted by Gasteiger charge is -2.16. The maximum absolute atomic E-state index is 12.1. The molecule has 0 radical (unpaired) electrons. The van der Waals surface area contributed by atoms with Gasteiger partial charge in [0.05, 0.1) is 0 Å². The number of carbonyl (C=O) groups is 2. The summed E-state index contributed by atoms with van der Waals surface area (Å²) in [6.45, 7) is 4.48. The Hall–Kier alpha value is -2.88. The van der Waals surface area contributed by atoms with E-state index in [1.54, 1.807) is 13.1 Å². The van der Waals surface area contributed by atoms with Crippen LogP contribution in [0.3, 0.4) is 0 Å². The Morgan fingerprint density at radius 1 is 1.04 bits per heavy atom. The second kappa shape index (κ2) is 9.56. The molecule has 0 saturated carbocycles. The van der Waals surface area contributed by atoms with E-state index in [0.717, 1.165) is 11.1 Å². The van der Waals surface area contributed by atoms with Gasteiger partial charge in [-0.2, -0.15) is 0 Å². The van der Waals surface area contributed by atoms with Crippen LogP contribution in [0, 0.1) is 0 Å². The number of hydrogen-bond donors (Lipinski definition) is 0. The molecule has 0 aliphatic heterocycles. The summed E-state index contributed by atoms with van der Waals surface area (Å²) in [5.74, 6) is -0.298. The van der Waals surface area contributed by atoms with Gasteiger partial charge in [0.2, 0.25) is 0 Å². The van der Waals surface area contributed by atoms with E-state index in [4.69, 9.17) is 4.74 Å². The minimum absolute atomic E-state index is 0.239. The van der Waals surface area contributed by atoms with Crippen molar-refractivity contribution in [1.82, 2.24) is 4.90 Å². The van der Waals surface area contributed by atoms with Crippen molar-refractivity contribution in [2.45, 2.75) is 26.3 Å². The molecule has 2 aromatic carbocycles. The smallest absolute Gasteiger partial charge is 0.331 e. The van der Waals surface area contributed by atoms with Crippen LogP contribution in [0.4, 0.5) is 0 Å². The zero-order valence-corrected chi connectivity index (χ0v) is 15.5. The first-order chi connectivity index (χ1) is 12.5. The molecule has 136 valence electrons. The molecule has 2 rings (SSSR count). The molecule has 0 spiro atoms. The number of likely N-dealkylation sites (N-methyl/N-ethyl adjacent to an activating group) is 1. The third kappa shape index (κ3) is 6.20. The molecule has 0 aliphatic carbocycles. The van der Waals surface area contributed by atoms with Crippen molar-refractivity contribution in [3.63, 3.8) is 0 Å². The van der Waals surface area contributed by atoms with Crippen molar-refractivity contribution in [2.75, 3.05) is 13.7 Å². The number of hydrogen-bond acceptors (Lipinski definition) is 3. The number of rotatable bonds is 7. The molecule has 0 aliphatic rings. The molecule has 0 fully saturated rings. The van der Waals surface area contributed by atoms with Crippen LogP contribution in [-0.4, -0.2) is 30.4 Å². The fourth-order valence-corrected chi connectivity index (χ4v) is 2.39. The van der Waals surface area contributed by atoms with Crippen LogP contribution in [-0.2, 0) is 20.9 Å². The lowest BCUT2D eigenvalue weighted by atomic mass is 10.0. The number of benzene rings is 2. The Kier molecular flexibility index (Phi) is 7.15. The van der Waals surface area contributed by atoms with Gasteiger partial charge in [0, 0.05) is 19.7 Å². The second-order valence-electron chi connectivity index (χ2n) is 6.50. The highest BCUT2D eigenvalue weighted by atomic mass is 16.5. The van der Waals surface area contributed by atoms with Crippen molar-refractivity contribution < 1.29 is 14.3 Å². The molecule has 4 heteroatoms. The number of nitrogens with zero attached hydrogens (tertiary/aromatic N) is 1. The lowest BCUT2D eigenvalue weighted by molar-refractivity contribution is -0.147. The first-order valence-electron chi connectivity index (χ1n) is 8.68. The van der Waals surface area contributed by atoms with Crippen LogP contribution < -0.4 is 0 Å². The van der Waals surface area contributed by atoms with E-state index >= 15 is 0 Å². The summed E-state index contributed by atoms with van der Waals surface area (Å²) in [6.07, 6.45) is 3.03. The zero-order chi connectivity index (χ0) is 18.9. The van der Waals surface area contributed by atoms with Crippen molar-refractivity contribution in [3.05, 3.63) is 77.4 Å². The van der Waals surface area contributed by atoms with Crippen LogP contribution in [0.25, 0.3) is 6.08 Å². The normalized spacial score (nSPS) is 10.9. The molecule has 1 amide bonds. The minimum Gasteiger partial charge on any atom is -0.452 e. The number of ether oxygens (including phenoxy) is 1. The fraction of sp³-hybridized carbons (Fsp3) is 0.273. The fourth-order valence-electron chi connectivity index (χ4n) is 2.39. The molecule has 0 unspecified atom stereocenters. The van der Waals surface area contributed by atoms with Gasteiger partial charge in [-0.3, -0.25) is 4.79 Å². The predicted octanol–water partition coefficient (Wildman–Crippen LogP) is 4.03. The Morgan fingerprint density at radius 3 is 2.31 bits per heavy atom. The summed E-state index contributed by atoms with van der Waals surface area (Å²) >= 11 is 0. The molecular weight excluding hydrogens is 326 g/mol. The van der Waals surface area contributed by atoms with Crippen molar-refractivity contribution >= 4 is 18.0 Å². The molecule has 0 aromatic heterocycles. The summed E-state index contributed by atoms with van der Waals surface area (Å²) in [4.78, 5) is 25.4. The predicted molar refractivity (Wildman–Crippen MR) is 103 cm³/mol. The summed E-state index contributed by atoms with van der Waals surface area (Å²) in [5, 5.41) is 0. The molecule has 0 N–H and O–H groups in total. The molecule has 0 saturated heterocycles. The number of esters is 1. The largest absolute Gasteiger partial charge is 0.452 e. The van der Waals surface area contributed by atoms with Gasteiger partial charge in [0.25, 0.3) is 5.91 Å². The summed E-state index contributed by atoms with van der Waals surface area (Å²) < 4.78 is 5.03. The highest BCUT2D eigenvalue weighted by molar-refractivity contribution is 5.89. The molecule has 0 atom stereocenters. The average molecular weight is 351 g/mol. The van der Waals surface area contributed by atoms with Crippen LogP contribution in [0.15, 0.2) is 60.7 Å². The number of carbonyl (C=O) groups excluding carboxylic acids is 2. The van der Waals surface area contributed by atoms with E-state index in [9.17, 15) is 9.59 Å². The highest BCUT2D eigenvalue weighted by Crippen LogP contribution is 2.15. The maximum Gasteiger partial charge on any atom is 0.331 e. The second-order valence-corrected chi connectivity index (χ2v) is 6.50. The monoisotopic (exact) mass is 351 g/mol. The first-order valence-corrected chi connectivity index (χ1v) is 8.68. The maximum atomic E-state index is 12.1. The Labute approximate surface area is 155 Å². The first kappa shape index (κ1) is 19.4. The molecular formula is C22H25NO3. The standard InChI is InChI=1S/C22H25NO3/c1-17(2)20-12-9-18(10-13-20)11-14-22(25)26-16-21(24)23(3)15-19-7-5-4-6-8-19/h4-14,17H,15-16H2,1-3H3/b14-11+. The summed E-state index contributed by atoms with van der Waals surface area (Å²) in [5.41, 5.74) is 3.19. The van der Waals surface area contributed by atoms with Crippen LogP contribution in [0.1, 0.15) is 36.5 Å². The van der Waals surface area contributed by atoms with Gasteiger partial charge in [-0.25, -0.2) is 4.79 Å². The van der Waals surface area contributed by atoms with E-state index in [0.29, 0.717) is 12.5 Å². The third-order valence-corrected chi connectivity index (χ3v) is 4.04. The highest BCUT2D eigenvalue weighted by Gasteiger charge is 2.11. The quantitative estimate of drug-likeness (QED) is 0.559. The van der Waals surface area contributed by atoms with Gasteiger partial charge in [-0.05, 0) is 28.7 Å². The zero-order valence-electron chi connectivity index (χ0n) is 15.5. The third-order valence-electron chi connectivity index (χ3n) is 4.04. The number of amides is 1. The minimum atomic E-state index is -0.528. The lowest BCUT2D eigenvalue weighted by Crippen LogP contribution is -2.30. The van der Waals surface area contributed by atoms with E-state index in [2.05, 4.69) is 13.8 Å². The van der Waals surface area contributed by atoms with Gasteiger partial charge in [0.15, 0.2) is 6.61 Å². The Morgan fingerprint density at radius 2 is 1.69 bits per heavy atom. The van der Waals surface area contributed by atoms with Crippen molar-refractivity contribution in [3.8, 4) is 0 Å². The topological polar surface area (TPSA) is 46.6 Å². The van der Waals surface area contributed by atoms with Crippen molar-refractivity contribution in [1.29, 1.82) is 0 Å². The van der Waals surface area contributed by atoms with E-state index in [1.165, 1.54) is 16.5 Å². The molecule has 0 bridgehead atoms. The SMILES string of the molecule is CC(C)c1ccc(/C=C/C(=O)OCC(=O)N(C)Cc2ccccc2)cc1. The van der Waals surface area contributed by atoms with E-state index in [-0.39, 0.29) is 12.5 Å². The molecule has 4 nitrogen and oxygen atoms in total.